The van der Waals surface area contributed by atoms with Crippen LogP contribution in [0.2, 0.25) is 0 Å². The Hall–Kier alpha value is -2.26. The molecule has 0 bridgehead atoms. The first-order chi connectivity index (χ1) is 16.8. The van der Waals surface area contributed by atoms with Crippen LogP contribution in [0.1, 0.15) is 0 Å². The maximum atomic E-state index is 17.0. The van der Waals surface area contributed by atoms with Gasteiger partial charge in [-0.3, -0.25) is 17.6 Å². The normalized spacial score (nSPS) is 40.5. The van der Waals surface area contributed by atoms with E-state index in [0.717, 1.165) is 0 Å². The van der Waals surface area contributed by atoms with Crippen LogP contribution in [0.4, 0.5) is 52.7 Å². The molecule has 0 N–H and O–H groups in total. The number of allylic oxidation sites excluding steroid dienone is 16. The first-order valence-electron chi connectivity index (χ1n) is 10.7. The molecule has 0 amide bonds. The Morgan fingerprint density at radius 1 is 0.289 bits per heavy atom. The van der Waals surface area contributed by atoms with Crippen LogP contribution in [0.3, 0.4) is 0 Å². The molecular formula is C24H16BF12Li. The van der Waals surface area contributed by atoms with Crippen molar-refractivity contribution in [1.82, 2.24) is 0 Å². The molecule has 4 atom stereocenters. The molecule has 0 saturated heterocycles. The first kappa shape index (κ1) is 30.3. The third-order valence-electron chi connectivity index (χ3n) is 7.59. The summed E-state index contributed by atoms with van der Waals surface area (Å²) in [4.78, 5) is 0. The quantitative estimate of drug-likeness (QED) is 0.358. The molecule has 0 aliphatic heterocycles. The Kier molecular flexibility index (Phi) is 6.87. The van der Waals surface area contributed by atoms with Crippen molar-refractivity contribution < 1.29 is 71.5 Å². The van der Waals surface area contributed by atoms with Crippen LogP contribution in [0.25, 0.3) is 0 Å². The van der Waals surface area contributed by atoms with Crippen LogP contribution >= 0.6 is 0 Å². The summed E-state index contributed by atoms with van der Waals surface area (Å²) in [6.45, 7) is 0. The van der Waals surface area contributed by atoms with E-state index in [2.05, 4.69) is 0 Å². The van der Waals surface area contributed by atoms with Crippen molar-refractivity contribution >= 4 is 6.15 Å². The second kappa shape index (κ2) is 8.62. The Morgan fingerprint density at radius 2 is 0.447 bits per heavy atom. The molecule has 4 aliphatic rings. The maximum absolute atomic E-state index is 17.0. The summed E-state index contributed by atoms with van der Waals surface area (Å²) in [6.07, 6.45) is -8.54. The average Bonchev–Trinajstić information content (AvgIpc) is 2.77. The van der Waals surface area contributed by atoms with Crippen molar-refractivity contribution in [2.75, 3.05) is 0 Å². The third-order valence-corrected chi connectivity index (χ3v) is 7.59. The molecule has 0 fully saturated rings. The summed E-state index contributed by atoms with van der Waals surface area (Å²) >= 11 is 0. The van der Waals surface area contributed by atoms with Crippen molar-refractivity contribution in [3.8, 4) is 0 Å². The fourth-order valence-corrected chi connectivity index (χ4v) is 6.01. The summed E-state index contributed by atoms with van der Waals surface area (Å²) in [5.74, 6) is -21.8. The fraction of sp³-hybridized carbons (Fsp3) is 0.333. The van der Waals surface area contributed by atoms with E-state index in [4.69, 9.17) is 0 Å². The minimum absolute atomic E-state index is 0. The van der Waals surface area contributed by atoms with E-state index in [1.165, 1.54) is 0 Å². The molecule has 14 heteroatoms. The Morgan fingerprint density at radius 3 is 0.605 bits per heavy atom. The summed E-state index contributed by atoms with van der Waals surface area (Å²) in [6, 6.07) is 0. The van der Waals surface area contributed by atoms with Crippen molar-refractivity contribution in [3.05, 3.63) is 97.2 Å². The standard InChI is InChI=1S/C24H16BF12.Li/c26-17(9-1-5-13-21(17,30)31)25(18(27)10-2-6-14-22(18,32)33,19(28)11-3-7-15-23(19,34)35)20(29)12-4-8-16-24(20,36)37;/h1-16H;/q-1;+1. The molecule has 4 rings (SSSR count). The molecule has 4 unspecified atom stereocenters. The summed E-state index contributed by atoms with van der Waals surface area (Å²) < 4.78 is 192. The van der Waals surface area contributed by atoms with E-state index in [9.17, 15) is 0 Å². The Labute approximate surface area is 221 Å². The molecule has 0 radical (unpaired) electrons. The van der Waals surface area contributed by atoms with Gasteiger partial charge in [0.15, 0.2) is 0 Å². The number of hydrogen-bond acceptors (Lipinski definition) is 0. The smallest absolute Gasteiger partial charge is 0.275 e. The second-order valence-corrected chi connectivity index (χ2v) is 9.30. The van der Waals surface area contributed by atoms with Gasteiger partial charge >= 0.3 is 18.9 Å². The molecule has 38 heavy (non-hydrogen) atoms. The van der Waals surface area contributed by atoms with Gasteiger partial charge in [0.25, 0.3) is 23.7 Å². The molecule has 0 heterocycles. The average molecular weight is 550 g/mol. The van der Waals surface area contributed by atoms with Crippen molar-refractivity contribution in [2.45, 2.75) is 46.0 Å². The topological polar surface area (TPSA) is 0 Å². The van der Waals surface area contributed by atoms with E-state index in [1.807, 2.05) is 0 Å². The third kappa shape index (κ3) is 3.24. The minimum Gasteiger partial charge on any atom is -0.275 e. The van der Waals surface area contributed by atoms with Gasteiger partial charge in [-0.05, 0) is 24.3 Å². The maximum Gasteiger partial charge on any atom is 1.00 e. The molecule has 0 spiro atoms. The molecule has 200 valence electrons. The van der Waals surface area contributed by atoms with E-state index in [1.54, 1.807) is 0 Å². The van der Waals surface area contributed by atoms with Gasteiger partial charge in [-0.2, -0.15) is 0 Å². The van der Waals surface area contributed by atoms with Crippen LogP contribution in [0.15, 0.2) is 97.2 Å². The van der Waals surface area contributed by atoms with Gasteiger partial charge in [0.2, 0.25) is 6.15 Å². The Bertz CT molecular complexity index is 1040. The van der Waals surface area contributed by atoms with Crippen LogP contribution in [-0.4, -0.2) is 52.1 Å². The van der Waals surface area contributed by atoms with Crippen LogP contribution in [0, 0.1) is 0 Å². The molecule has 0 aromatic rings. The monoisotopic (exact) mass is 550 g/mol. The predicted molar refractivity (Wildman–Crippen MR) is 114 cm³/mol. The van der Waals surface area contributed by atoms with Crippen molar-refractivity contribution in [3.63, 3.8) is 0 Å². The van der Waals surface area contributed by atoms with Crippen molar-refractivity contribution in [1.29, 1.82) is 0 Å². The molecule has 0 nitrogen and oxygen atoms in total. The zero-order valence-electron chi connectivity index (χ0n) is 19.4. The zero-order chi connectivity index (χ0) is 27.8. The van der Waals surface area contributed by atoms with Gasteiger partial charge in [-0.1, -0.05) is 72.9 Å². The summed E-state index contributed by atoms with van der Waals surface area (Å²) in [7, 11) is 0. The number of halogens is 12. The first-order valence-corrected chi connectivity index (χ1v) is 10.7. The molecule has 0 saturated carbocycles. The van der Waals surface area contributed by atoms with Gasteiger partial charge in [0.1, 0.15) is 0 Å². The minimum atomic E-state index is -7.08. The van der Waals surface area contributed by atoms with Crippen LogP contribution in [0.5, 0.6) is 0 Å². The summed E-state index contributed by atoms with van der Waals surface area (Å²) in [5, 5.41) is 0. The van der Waals surface area contributed by atoms with Gasteiger partial charge in [0, 0.05) is 0 Å². The van der Waals surface area contributed by atoms with Crippen LogP contribution in [-0.2, 0) is 0 Å². The Balaban J connectivity index is 0.00000400. The predicted octanol–water partition coefficient (Wildman–Crippen LogP) is 4.47. The second-order valence-electron chi connectivity index (χ2n) is 9.30. The molecule has 0 aromatic heterocycles. The summed E-state index contributed by atoms with van der Waals surface area (Å²) in [5.41, 5.74) is -22.2. The number of alkyl halides is 12. The van der Waals surface area contributed by atoms with Crippen molar-refractivity contribution in [2.24, 2.45) is 0 Å². The number of rotatable bonds is 4. The van der Waals surface area contributed by atoms with E-state index >= 15 is 52.7 Å². The number of hydrogen-bond donors (Lipinski definition) is 0. The molecule has 0 aromatic carbocycles. The molecular weight excluding hydrogens is 534 g/mol. The van der Waals surface area contributed by atoms with Crippen LogP contribution < -0.4 is 18.9 Å². The van der Waals surface area contributed by atoms with E-state index in [-0.39, 0.29) is 43.2 Å². The largest absolute Gasteiger partial charge is 1.00 e. The van der Waals surface area contributed by atoms with Gasteiger partial charge in [-0.25, -0.2) is 35.1 Å². The fourth-order valence-electron chi connectivity index (χ4n) is 6.01. The van der Waals surface area contributed by atoms with Gasteiger partial charge in [-0.15, -0.1) is 0 Å². The van der Waals surface area contributed by atoms with Gasteiger partial charge in [0.05, 0.1) is 22.3 Å². The van der Waals surface area contributed by atoms with E-state index < -0.39 is 101 Å². The van der Waals surface area contributed by atoms with Gasteiger partial charge < -0.3 is 0 Å². The SMILES string of the molecule is FC1(F)C=CC=CC1(F)[B-](C1(F)C=CC=CC1(F)F)(C1(F)C=CC=CC1(F)F)C1(F)C=CC=CC1(F)F.[Li+]. The molecule has 4 aliphatic carbocycles. The zero-order valence-corrected chi connectivity index (χ0v) is 19.4. The van der Waals surface area contributed by atoms with E-state index in [0.29, 0.717) is 24.3 Å².